The summed E-state index contributed by atoms with van der Waals surface area (Å²) in [6, 6.07) is 5.28. The maximum Gasteiger partial charge on any atom is 0.406 e. The van der Waals surface area contributed by atoms with E-state index in [0.717, 1.165) is 30.3 Å². The quantitative estimate of drug-likeness (QED) is 0.350. The second-order valence-corrected chi connectivity index (χ2v) is 8.96. The average molecular weight is 505 g/mol. The van der Waals surface area contributed by atoms with Gasteiger partial charge in [-0.15, -0.1) is 5.10 Å². The highest BCUT2D eigenvalue weighted by Crippen LogP contribution is 2.31. The third-order valence-corrected chi connectivity index (χ3v) is 6.39. The van der Waals surface area contributed by atoms with Crippen LogP contribution in [-0.2, 0) is 11.3 Å². The number of aromatic nitrogens is 6. The zero-order chi connectivity index (χ0) is 25.4. The molecule has 4 aromatic rings. The number of aliphatic hydroxyl groups excluding tert-OH is 1. The fraction of sp³-hybridized carbons (Fsp3) is 0.478. The molecule has 0 atom stereocenters. The summed E-state index contributed by atoms with van der Waals surface area (Å²) in [6.45, 7) is 0.722. The van der Waals surface area contributed by atoms with Crippen LogP contribution in [0.25, 0.3) is 27.9 Å². The number of alkyl halides is 3. The van der Waals surface area contributed by atoms with Crippen molar-refractivity contribution in [3.8, 4) is 11.3 Å². The van der Waals surface area contributed by atoms with Gasteiger partial charge in [0, 0.05) is 17.8 Å². The van der Waals surface area contributed by atoms with Gasteiger partial charge in [0.05, 0.1) is 25.0 Å². The number of pyridine rings is 1. The molecule has 1 aliphatic carbocycles. The Kier molecular flexibility index (Phi) is 6.43. The number of nitrogens with one attached hydrogen (secondary N) is 1. The zero-order valence-corrected chi connectivity index (χ0v) is 19.7. The van der Waals surface area contributed by atoms with E-state index in [2.05, 4.69) is 25.4 Å². The Morgan fingerprint density at radius 3 is 2.64 bits per heavy atom. The molecular weight excluding hydrogens is 477 g/mol. The molecule has 13 heteroatoms. The minimum atomic E-state index is -4.40. The minimum absolute atomic E-state index is 0.0182. The van der Waals surface area contributed by atoms with Crippen molar-refractivity contribution in [2.24, 2.45) is 0 Å². The van der Waals surface area contributed by atoms with E-state index in [4.69, 9.17) is 15.6 Å². The lowest BCUT2D eigenvalue weighted by Crippen LogP contribution is -2.31. The molecule has 1 aliphatic rings. The molecule has 0 amide bonds. The summed E-state index contributed by atoms with van der Waals surface area (Å²) >= 11 is 0. The van der Waals surface area contributed by atoms with E-state index in [1.54, 1.807) is 28.9 Å². The van der Waals surface area contributed by atoms with Crippen LogP contribution in [0.15, 0.2) is 24.4 Å². The van der Waals surface area contributed by atoms with Crippen LogP contribution < -0.4 is 11.1 Å². The molecule has 0 bridgehead atoms. The summed E-state index contributed by atoms with van der Waals surface area (Å²) in [6.07, 6.45) is 0.983. The molecule has 0 aliphatic heterocycles. The number of nitrogens with two attached hydrogens (primary N) is 1. The molecule has 0 spiro atoms. The second kappa shape index (κ2) is 9.54. The van der Waals surface area contributed by atoms with E-state index in [0.29, 0.717) is 34.8 Å². The van der Waals surface area contributed by atoms with Gasteiger partial charge in [-0.3, -0.25) is 0 Å². The number of rotatable bonds is 7. The fourth-order valence-electron chi connectivity index (χ4n) is 4.73. The standard InChI is InChI=1S/C23H27F3N8O2/c1-13-28-18-7-6-17(30-21(18)33(13)12-23(24,25)26)16-8-9-34-19(16)20(27)31-22(32-34)29-14-2-4-15(5-3-14)36-11-10-35/h6-9,14-15,35H,2-5,10-12H2,1H3,(H3,27,29,31,32). The lowest BCUT2D eigenvalue weighted by atomic mass is 9.93. The van der Waals surface area contributed by atoms with Crippen LogP contribution >= 0.6 is 0 Å². The third-order valence-electron chi connectivity index (χ3n) is 6.39. The lowest BCUT2D eigenvalue weighted by molar-refractivity contribution is -0.140. The number of aryl methyl sites for hydroxylation is 1. The summed E-state index contributed by atoms with van der Waals surface area (Å²) in [5.74, 6) is 0.861. The molecule has 36 heavy (non-hydrogen) atoms. The van der Waals surface area contributed by atoms with Crippen LogP contribution in [0.5, 0.6) is 0 Å². The van der Waals surface area contributed by atoms with Gasteiger partial charge in [0.2, 0.25) is 5.95 Å². The Balaban J connectivity index is 1.40. The average Bonchev–Trinajstić information content (AvgIpc) is 3.39. The minimum Gasteiger partial charge on any atom is -0.394 e. The first-order valence-corrected chi connectivity index (χ1v) is 11.8. The van der Waals surface area contributed by atoms with Gasteiger partial charge in [-0.1, -0.05) is 0 Å². The number of hydrogen-bond donors (Lipinski definition) is 3. The van der Waals surface area contributed by atoms with E-state index in [1.807, 2.05) is 0 Å². The van der Waals surface area contributed by atoms with Gasteiger partial charge in [0.15, 0.2) is 11.5 Å². The smallest absolute Gasteiger partial charge is 0.394 e. The van der Waals surface area contributed by atoms with Crippen LogP contribution in [-0.4, -0.2) is 65.8 Å². The van der Waals surface area contributed by atoms with Crippen LogP contribution in [0.2, 0.25) is 0 Å². The molecule has 192 valence electrons. The van der Waals surface area contributed by atoms with Crippen LogP contribution in [0.4, 0.5) is 24.9 Å². The summed E-state index contributed by atoms with van der Waals surface area (Å²) < 4.78 is 47.6. The van der Waals surface area contributed by atoms with Crippen molar-refractivity contribution in [1.82, 2.24) is 29.1 Å². The number of aliphatic hydroxyl groups is 1. The summed E-state index contributed by atoms with van der Waals surface area (Å²) in [5, 5.41) is 16.8. The van der Waals surface area contributed by atoms with Crippen molar-refractivity contribution in [2.45, 2.75) is 57.5 Å². The van der Waals surface area contributed by atoms with Crippen molar-refractivity contribution in [3.05, 3.63) is 30.2 Å². The largest absolute Gasteiger partial charge is 0.406 e. The SMILES string of the molecule is Cc1nc2ccc(-c3ccn4nc(NC5CCC(OCCO)CC5)nc(N)c34)nc2n1CC(F)(F)F. The Bertz CT molecular complexity index is 1380. The summed E-state index contributed by atoms with van der Waals surface area (Å²) in [5.41, 5.74) is 8.42. The van der Waals surface area contributed by atoms with E-state index < -0.39 is 12.7 Å². The van der Waals surface area contributed by atoms with E-state index in [9.17, 15) is 13.2 Å². The topological polar surface area (TPSA) is 128 Å². The molecule has 4 heterocycles. The van der Waals surface area contributed by atoms with Gasteiger partial charge in [0.25, 0.3) is 0 Å². The van der Waals surface area contributed by atoms with Crippen molar-refractivity contribution in [2.75, 3.05) is 24.3 Å². The molecule has 1 saturated carbocycles. The number of anilines is 2. The molecule has 4 aromatic heterocycles. The number of fused-ring (bicyclic) bond motifs is 2. The van der Waals surface area contributed by atoms with Gasteiger partial charge in [-0.25, -0.2) is 14.5 Å². The normalized spacial score (nSPS) is 18.8. The molecule has 0 unspecified atom stereocenters. The predicted octanol–water partition coefficient (Wildman–Crippen LogP) is 3.33. The maximum absolute atomic E-state index is 13.1. The monoisotopic (exact) mass is 504 g/mol. The molecule has 10 nitrogen and oxygen atoms in total. The van der Waals surface area contributed by atoms with Crippen molar-refractivity contribution in [3.63, 3.8) is 0 Å². The molecular formula is C23H27F3N8O2. The number of hydrogen-bond acceptors (Lipinski definition) is 8. The van der Waals surface area contributed by atoms with Crippen molar-refractivity contribution >= 4 is 28.4 Å². The number of halogens is 3. The molecule has 0 aromatic carbocycles. The van der Waals surface area contributed by atoms with Crippen molar-refractivity contribution in [1.29, 1.82) is 0 Å². The highest BCUT2D eigenvalue weighted by atomic mass is 19.4. The first-order chi connectivity index (χ1) is 17.2. The van der Waals surface area contributed by atoms with Gasteiger partial charge in [-0.2, -0.15) is 18.2 Å². The molecule has 5 rings (SSSR count). The van der Waals surface area contributed by atoms with Crippen LogP contribution in [0.3, 0.4) is 0 Å². The number of nitrogens with zero attached hydrogens (tertiary/aromatic N) is 6. The zero-order valence-electron chi connectivity index (χ0n) is 19.7. The number of nitrogen functional groups attached to an aromatic ring is 1. The highest BCUT2D eigenvalue weighted by molar-refractivity contribution is 5.88. The Hall–Kier alpha value is -3.45. The van der Waals surface area contributed by atoms with Crippen molar-refractivity contribution < 1.29 is 23.0 Å². The Morgan fingerprint density at radius 1 is 1.14 bits per heavy atom. The van der Waals surface area contributed by atoms with Gasteiger partial charge in [-0.05, 0) is 50.8 Å². The Labute approximate surface area is 204 Å². The predicted molar refractivity (Wildman–Crippen MR) is 127 cm³/mol. The first-order valence-electron chi connectivity index (χ1n) is 11.8. The number of ether oxygens (including phenoxy) is 1. The van der Waals surface area contributed by atoms with E-state index in [1.165, 1.54) is 6.92 Å². The van der Waals surface area contributed by atoms with Crippen LogP contribution in [0.1, 0.15) is 31.5 Å². The fourth-order valence-corrected chi connectivity index (χ4v) is 4.73. The molecule has 1 fully saturated rings. The van der Waals surface area contributed by atoms with Gasteiger partial charge < -0.3 is 25.5 Å². The van der Waals surface area contributed by atoms with Gasteiger partial charge >= 0.3 is 6.18 Å². The highest BCUT2D eigenvalue weighted by Gasteiger charge is 2.30. The third kappa shape index (κ3) is 4.93. The molecule has 0 saturated heterocycles. The van der Waals surface area contributed by atoms with Crippen LogP contribution in [0, 0.1) is 6.92 Å². The molecule has 0 radical (unpaired) electrons. The summed E-state index contributed by atoms with van der Waals surface area (Å²) in [7, 11) is 0. The summed E-state index contributed by atoms with van der Waals surface area (Å²) in [4.78, 5) is 13.1. The van der Waals surface area contributed by atoms with Gasteiger partial charge in [0.1, 0.15) is 23.4 Å². The first kappa shape index (κ1) is 24.3. The van der Waals surface area contributed by atoms with E-state index in [-0.39, 0.29) is 36.0 Å². The number of imidazole rings is 1. The lowest BCUT2D eigenvalue weighted by Gasteiger charge is -2.29. The van der Waals surface area contributed by atoms with E-state index >= 15 is 0 Å². The maximum atomic E-state index is 13.1. The Morgan fingerprint density at radius 2 is 1.92 bits per heavy atom. The molecule has 4 N–H and O–H groups in total. The second-order valence-electron chi connectivity index (χ2n) is 8.96.